The fourth-order valence-corrected chi connectivity index (χ4v) is 1.43. The second kappa shape index (κ2) is 3.95. The summed E-state index contributed by atoms with van der Waals surface area (Å²) in [6.45, 7) is 3.98. The summed E-state index contributed by atoms with van der Waals surface area (Å²) in [6.07, 6.45) is 0.826. The van der Waals surface area contributed by atoms with E-state index in [1.54, 1.807) is 7.11 Å². The molecule has 0 saturated heterocycles. The Kier molecular flexibility index (Phi) is 2.92. The highest BCUT2D eigenvalue weighted by atomic mass is 16.5. The van der Waals surface area contributed by atoms with E-state index < -0.39 is 0 Å². The van der Waals surface area contributed by atoms with Crippen LogP contribution in [0.4, 0.5) is 0 Å². The van der Waals surface area contributed by atoms with Crippen LogP contribution in [-0.4, -0.2) is 7.11 Å². The topological polar surface area (TPSA) is 33.0 Å². The van der Waals surface area contributed by atoms with E-state index >= 15 is 0 Å². The molecule has 0 atom stereocenters. The first-order valence-electron chi connectivity index (χ1n) is 4.30. The average Bonchev–Trinajstić information content (AvgIpc) is 2.16. The summed E-state index contributed by atoms with van der Waals surface area (Å²) < 4.78 is 5.21. The molecule has 1 aromatic rings. The molecule has 0 N–H and O–H groups in total. The summed E-state index contributed by atoms with van der Waals surface area (Å²) in [4.78, 5) is 0. The average molecular weight is 175 g/mol. The van der Waals surface area contributed by atoms with Crippen molar-refractivity contribution in [3.05, 3.63) is 28.8 Å². The molecular weight excluding hydrogens is 162 g/mol. The number of hydrogen-bond donors (Lipinski definition) is 0. The Morgan fingerprint density at radius 1 is 1.46 bits per heavy atom. The molecule has 0 radical (unpaired) electrons. The number of rotatable bonds is 2. The maximum atomic E-state index is 8.89. The molecule has 2 heteroatoms. The third-order valence-corrected chi connectivity index (χ3v) is 2.05. The maximum Gasteiger partial charge on any atom is 0.123 e. The summed E-state index contributed by atoms with van der Waals surface area (Å²) in [6, 6.07) is 6.03. The molecule has 0 aromatic heterocycles. The summed E-state index contributed by atoms with van der Waals surface area (Å²) in [5, 5.41) is 8.89. The monoisotopic (exact) mass is 175 g/mol. The quantitative estimate of drug-likeness (QED) is 0.691. The van der Waals surface area contributed by atoms with Crippen molar-refractivity contribution in [2.24, 2.45) is 0 Å². The van der Waals surface area contributed by atoms with Crippen LogP contribution in [0.3, 0.4) is 0 Å². The van der Waals surface area contributed by atoms with Crippen molar-refractivity contribution in [3.8, 4) is 11.8 Å². The van der Waals surface area contributed by atoms with E-state index in [4.69, 9.17) is 10.00 Å². The van der Waals surface area contributed by atoms with Crippen LogP contribution in [0.25, 0.3) is 0 Å². The highest BCUT2D eigenvalue weighted by molar-refractivity contribution is 5.49. The first kappa shape index (κ1) is 9.60. The van der Waals surface area contributed by atoms with E-state index in [1.807, 2.05) is 26.0 Å². The zero-order chi connectivity index (χ0) is 9.84. The van der Waals surface area contributed by atoms with Gasteiger partial charge in [-0.25, -0.2) is 0 Å². The van der Waals surface area contributed by atoms with Gasteiger partial charge in [0.1, 0.15) is 5.75 Å². The summed E-state index contributed by atoms with van der Waals surface area (Å²) in [5.41, 5.74) is 2.78. The lowest BCUT2D eigenvalue weighted by atomic mass is 10.0. The van der Waals surface area contributed by atoms with Gasteiger partial charge in [0, 0.05) is 5.56 Å². The van der Waals surface area contributed by atoms with Gasteiger partial charge in [0.25, 0.3) is 0 Å². The fourth-order valence-electron chi connectivity index (χ4n) is 1.43. The van der Waals surface area contributed by atoms with Gasteiger partial charge in [-0.1, -0.05) is 6.92 Å². The van der Waals surface area contributed by atoms with Gasteiger partial charge in [-0.3, -0.25) is 0 Å². The molecule has 0 heterocycles. The number of ether oxygens (including phenoxy) is 1. The van der Waals surface area contributed by atoms with Gasteiger partial charge < -0.3 is 4.74 Å². The molecule has 1 aromatic carbocycles. The van der Waals surface area contributed by atoms with E-state index in [1.165, 1.54) is 0 Å². The standard InChI is InChI=1S/C11H13NO/c1-4-10-9(7-12)5-8(2)6-11(10)13-3/h5-6H,4H2,1-3H3. The number of nitrogens with zero attached hydrogens (tertiary/aromatic N) is 1. The number of benzene rings is 1. The van der Waals surface area contributed by atoms with E-state index in [0.717, 1.165) is 28.9 Å². The van der Waals surface area contributed by atoms with Crippen molar-refractivity contribution in [1.29, 1.82) is 5.26 Å². The van der Waals surface area contributed by atoms with Gasteiger partial charge in [0.15, 0.2) is 0 Å². The van der Waals surface area contributed by atoms with Crippen LogP contribution in [0.5, 0.6) is 5.75 Å². The molecule has 0 spiro atoms. The summed E-state index contributed by atoms with van der Waals surface area (Å²) >= 11 is 0. The number of methoxy groups -OCH3 is 1. The fraction of sp³-hybridized carbons (Fsp3) is 0.364. The Balaban J connectivity index is 3.36. The van der Waals surface area contributed by atoms with Crippen LogP contribution < -0.4 is 4.74 Å². The van der Waals surface area contributed by atoms with Crippen LogP contribution in [0.1, 0.15) is 23.6 Å². The molecular formula is C11H13NO. The van der Waals surface area contributed by atoms with Crippen molar-refractivity contribution >= 4 is 0 Å². The minimum absolute atomic E-state index is 0.722. The van der Waals surface area contributed by atoms with Crippen LogP contribution in [0.15, 0.2) is 12.1 Å². The van der Waals surface area contributed by atoms with Gasteiger partial charge in [-0.2, -0.15) is 5.26 Å². The number of nitriles is 1. The third kappa shape index (κ3) is 1.81. The van der Waals surface area contributed by atoms with Gasteiger partial charge in [0.2, 0.25) is 0 Å². The molecule has 1 rings (SSSR count). The van der Waals surface area contributed by atoms with Crippen molar-refractivity contribution in [2.75, 3.05) is 7.11 Å². The first-order chi connectivity index (χ1) is 6.22. The molecule has 0 aliphatic rings. The molecule has 0 amide bonds. The van der Waals surface area contributed by atoms with Gasteiger partial charge in [0.05, 0.1) is 18.7 Å². The SMILES string of the molecule is CCc1c(C#N)cc(C)cc1OC. The van der Waals surface area contributed by atoms with Crippen LogP contribution in [0.2, 0.25) is 0 Å². The molecule has 0 aliphatic heterocycles. The lowest BCUT2D eigenvalue weighted by Gasteiger charge is -2.09. The molecule has 0 saturated carbocycles. The van der Waals surface area contributed by atoms with Gasteiger partial charge >= 0.3 is 0 Å². The van der Waals surface area contributed by atoms with E-state index in [-0.39, 0.29) is 0 Å². The molecule has 68 valence electrons. The Morgan fingerprint density at radius 2 is 2.15 bits per heavy atom. The lowest BCUT2D eigenvalue weighted by molar-refractivity contribution is 0.409. The lowest BCUT2D eigenvalue weighted by Crippen LogP contribution is -1.95. The predicted octanol–water partition coefficient (Wildman–Crippen LogP) is 2.44. The molecule has 2 nitrogen and oxygen atoms in total. The van der Waals surface area contributed by atoms with Crippen molar-refractivity contribution < 1.29 is 4.74 Å². The molecule has 0 fully saturated rings. The molecule has 0 aliphatic carbocycles. The normalized spacial score (nSPS) is 9.38. The van der Waals surface area contributed by atoms with E-state index in [2.05, 4.69) is 6.07 Å². The van der Waals surface area contributed by atoms with Crippen molar-refractivity contribution in [1.82, 2.24) is 0 Å². The first-order valence-corrected chi connectivity index (χ1v) is 4.30. The number of hydrogen-bond acceptors (Lipinski definition) is 2. The Labute approximate surface area is 78.8 Å². The maximum absolute atomic E-state index is 8.89. The van der Waals surface area contributed by atoms with Gasteiger partial charge in [-0.15, -0.1) is 0 Å². The third-order valence-electron chi connectivity index (χ3n) is 2.05. The Bertz CT molecular complexity index is 350. The second-order valence-electron chi connectivity index (χ2n) is 2.96. The van der Waals surface area contributed by atoms with Crippen LogP contribution in [0, 0.1) is 18.3 Å². The zero-order valence-electron chi connectivity index (χ0n) is 8.22. The van der Waals surface area contributed by atoms with Crippen LogP contribution in [-0.2, 0) is 6.42 Å². The zero-order valence-corrected chi connectivity index (χ0v) is 8.22. The van der Waals surface area contributed by atoms with Crippen molar-refractivity contribution in [3.63, 3.8) is 0 Å². The molecule has 0 unspecified atom stereocenters. The van der Waals surface area contributed by atoms with Crippen LogP contribution >= 0.6 is 0 Å². The van der Waals surface area contributed by atoms with E-state index in [9.17, 15) is 0 Å². The summed E-state index contributed by atoms with van der Waals surface area (Å²) in [5.74, 6) is 0.819. The smallest absolute Gasteiger partial charge is 0.123 e. The number of aryl methyl sites for hydroxylation is 1. The highest BCUT2D eigenvalue weighted by Crippen LogP contribution is 2.24. The summed E-state index contributed by atoms with van der Waals surface area (Å²) in [7, 11) is 1.63. The Hall–Kier alpha value is -1.49. The largest absolute Gasteiger partial charge is 0.496 e. The molecule has 0 bridgehead atoms. The predicted molar refractivity (Wildman–Crippen MR) is 51.8 cm³/mol. The minimum atomic E-state index is 0.722. The highest BCUT2D eigenvalue weighted by Gasteiger charge is 2.07. The van der Waals surface area contributed by atoms with Crippen molar-refractivity contribution in [2.45, 2.75) is 20.3 Å². The van der Waals surface area contributed by atoms with E-state index in [0.29, 0.717) is 0 Å². The second-order valence-corrected chi connectivity index (χ2v) is 2.96. The Morgan fingerprint density at radius 3 is 2.62 bits per heavy atom. The minimum Gasteiger partial charge on any atom is -0.496 e. The molecule has 13 heavy (non-hydrogen) atoms. The van der Waals surface area contributed by atoms with Gasteiger partial charge in [-0.05, 0) is 31.0 Å².